The standard InChI is InChI=1S/C11H13NO4S/c1-3-16-11(17)6-8-4-5-9(15-2)7-10(8)12(13)14/h4-5,7H,3,6H2,1-2H3. The zero-order valence-electron chi connectivity index (χ0n) is 9.63. The number of thiocarbonyl (C=S) groups is 1. The second-order valence-corrected chi connectivity index (χ2v) is 3.69. The number of nitrogens with zero attached hydrogens (tertiary/aromatic N) is 1. The lowest BCUT2D eigenvalue weighted by Crippen LogP contribution is -2.07. The van der Waals surface area contributed by atoms with Gasteiger partial charge in [-0.15, -0.1) is 0 Å². The number of benzene rings is 1. The largest absolute Gasteiger partial charge is 0.497 e. The summed E-state index contributed by atoms with van der Waals surface area (Å²) in [4.78, 5) is 10.4. The summed E-state index contributed by atoms with van der Waals surface area (Å²) in [7, 11) is 1.46. The van der Waals surface area contributed by atoms with Gasteiger partial charge >= 0.3 is 0 Å². The van der Waals surface area contributed by atoms with Crippen molar-refractivity contribution in [1.29, 1.82) is 0 Å². The highest BCUT2D eigenvalue weighted by molar-refractivity contribution is 7.80. The van der Waals surface area contributed by atoms with Crippen LogP contribution in [-0.2, 0) is 11.2 Å². The van der Waals surface area contributed by atoms with Gasteiger partial charge < -0.3 is 9.47 Å². The van der Waals surface area contributed by atoms with Gasteiger partial charge in [-0.2, -0.15) is 0 Å². The van der Waals surface area contributed by atoms with Crippen LogP contribution in [0.3, 0.4) is 0 Å². The van der Waals surface area contributed by atoms with Crippen molar-refractivity contribution in [2.75, 3.05) is 13.7 Å². The first kappa shape index (κ1) is 13.4. The first-order valence-corrected chi connectivity index (χ1v) is 5.46. The molecule has 0 spiro atoms. The molecule has 1 aromatic carbocycles. The second-order valence-electron chi connectivity index (χ2n) is 3.23. The molecule has 0 saturated heterocycles. The zero-order valence-corrected chi connectivity index (χ0v) is 10.5. The van der Waals surface area contributed by atoms with Gasteiger partial charge in [-0.05, 0) is 31.3 Å². The van der Waals surface area contributed by atoms with Gasteiger partial charge in [0, 0.05) is 12.0 Å². The van der Waals surface area contributed by atoms with Gasteiger partial charge in [0.2, 0.25) is 0 Å². The predicted molar refractivity (Wildman–Crippen MR) is 67.6 cm³/mol. The maximum Gasteiger partial charge on any atom is 0.276 e. The SMILES string of the molecule is CCOC(=S)Cc1ccc(OC)cc1[N+](=O)[O-]. The van der Waals surface area contributed by atoms with Crippen molar-refractivity contribution in [2.45, 2.75) is 13.3 Å². The van der Waals surface area contributed by atoms with E-state index in [1.807, 2.05) is 6.92 Å². The van der Waals surface area contributed by atoms with Gasteiger partial charge in [-0.1, -0.05) is 0 Å². The fraction of sp³-hybridized carbons (Fsp3) is 0.364. The molecule has 0 aliphatic carbocycles. The third-order valence-electron chi connectivity index (χ3n) is 2.13. The topological polar surface area (TPSA) is 61.6 Å². The summed E-state index contributed by atoms with van der Waals surface area (Å²) in [6.45, 7) is 2.28. The zero-order chi connectivity index (χ0) is 12.8. The van der Waals surface area contributed by atoms with Gasteiger partial charge in [0.25, 0.3) is 5.69 Å². The van der Waals surface area contributed by atoms with Crippen molar-refractivity contribution in [3.63, 3.8) is 0 Å². The third kappa shape index (κ3) is 3.67. The van der Waals surface area contributed by atoms with Crippen molar-refractivity contribution in [2.24, 2.45) is 0 Å². The predicted octanol–water partition coefficient (Wildman–Crippen LogP) is 2.51. The van der Waals surface area contributed by atoms with Crippen LogP contribution >= 0.6 is 12.2 Å². The molecule has 0 unspecified atom stereocenters. The van der Waals surface area contributed by atoms with E-state index in [0.717, 1.165) is 0 Å². The Bertz CT molecular complexity index is 433. The molecule has 5 nitrogen and oxygen atoms in total. The average molecular weight is 255 g/mol. The summed E-state index contributed by atoms with van der Waals surface area (Å²) in [5.74, 6) is 0.447. The van der Waals surface area contributed by atoms with E-state index >= 15 is 0 Å². The van der Waals surface area contributed by atoms with Crippen LogP contribution in [0.2, 0.25) is 0 Å². The van der Waals surface area contributed by atoms with Gasteiger partial charge in [0.15, 0.2) is 5.05 Å². The molecule has 0 radical (unpaired) electrons. The highest BCUT2D eigenvalue weighted by Crippen LogP contribution is 2.25. The molecule has 0 atom stereocenters. The molecule has 0 bridgehead atoms. The smallest absolute Gasteiger partial charge is 0.276 e. The minimum absolute atomic E-state index is 0.00796. The summed E-state index contributed by atoms with van der Waals surface area (Å²) in [6, 6.07) is 4.67. The van der Waals surface area contributed by atoms with Crippen molar-refractivity contribution in [3.8, 4) is 5.75 Å². The molecular weight excluding hydrogens is 242 g/mol. The maximum atomic E-state index is 10.9. The van der Waals surface area contributed by atoms with E-state index in [-0.39, 0.29) is 12.1 Å². The Morgan fingerprint density at radius 1 is 1.53 bits per heavy atom. The van der Waals surface area contributed by atoms with Gasteiger partial charge in [0.1, 0.15) is 5.75 Å². The van der Waals surface area contributed by atoms with Crippen molar-refractivity contribution < 1.29 is 14.4 Å². The van der Waals surface area contributed by atoms with E-state index in [9.17, 15) is 10.1 Å². The quantitative estimate of drug-likeness (QED) is 0.459. The lowest BCUT2D eigenvalue weighted by atomic mass is 10.1. The summed E-state index contributed by atoms with van der Waals surface area (Å²) in [6.07, 6.45) is 0.253. The number of hydrogen-bond acceptors (Lipinski definition) is 5. The molecule has 92 valence electrons. The fourth-order valence-corrected chi connectivity index (χ4v) is 1.63. The summed E-state index contributed by atoms with van der Waals surface area (Å²) < 4.78 is 10.1. The summed E-state index contributed by atoms with van der Waals surface area (Å²) >= 11 is 4.97. The number of rotatable bonds is 5. The maximum absolute atomic E-state index is 10.9. The molecule has 0 N–H and O–H groups in total. The molecule has 1 aromatic rings. The Hall–Kier alpha value is -1.69. The van der Waals surface area contributed by atoms with Crippen molar-refractivity contribution in [1.82, 2.24) is 0 Å². The Morgan fingerprint density at radius 2 is 2.24 bits per heavy atom. The first-order valence-electron chi connectivity index (χ1n) is 5.05. The van der Waals surface area contributed by atoms with Gasteiger partial charge in [-0.3, -0.25) is 10.1 Å². The lowest BCUT2D eigenvalue weighted by Gasteiger charge is -2.07. The Morgan fingerprint density at radius 3 is 2.76 bits per heavy atom. The molecule has 0 amide bonds. The van der Waals surface area contributed by atoms with Crippen LogP contribution in [0.25, 0.3) is 0 Å². The summed E-state index contributed by atoms with van der Waals surface area (Å²) in [5.41, 5.74) is 0.514. The van der Waals surface area contributed by atoms with Crippen LogP contribution < -0.4 is 4.74 Å². The van der Waals surface area contributed by atoms with Gasteiger partial charge in [-0.25, -0.2) is 0 Å². The number of methoxy groups -OCH3 is 1. The lowest BCUT2D eigenvalue weighted by molar-refractivity contribution is -0.385. The molecule has 0 aromatic heterocycles. The van der Waals surface area contributed by atoms with E-state index in [1.54, 1.807) is 12.1 Å². The number of nitro groups is 1. The average Bonchev–Trinajstić information content (AvgIpc) is 2.29. The monoisotopic (exact) mass is 255 g/mol. The van der Waals surface area contributed by atoms with E-state index < -0.39 is 4.92 Å². The van der Waals surface area contributed by atoms with E-state index in [4.69, 9.17) is 21.7 Å². The molecule has 6 heteroatoms. The normalized spacial score (nSPS) is 9.76. The Balaban J connectivity index is 2.98. The van der Waals surface area contributed by atoms with Crippen molar-refractivity contribution in [3.05, 3.63) is 33.9 Å². The Kier molecular flexibility index (Phi) is 4.84. The Labute approximate surface area is 104 Å². The van der Waals surface area contributed by atoms with E-state index in [0.29, 0.717) is 23.0 Å². The molecular formula is C11H13NO4S. The minimum Gasteiger partial charge on any atom is -0.497 e. The highest BCUT2D eigenvalue weighted by Gasteiger charge is 2.16. The second kappa shape index (κ2) is 6.15. The highest BCUT2D eigenvalue weighted by atomic mass is 32.1. The van der Waals surface area contributed by atoms with Crippen LogP contribution in [0, 0.1) is 10.1 Å². The molecule has 0 aliphatic heterocycles. The van der Waals surface area contributed by atoms with Crippen LogP contribution in [-0.4, -0.2) is 23.7 Å². The van der Waals surface area contributed by atoms with Crippen LogP contribution in [0.1, 0.15) is 12.5 Å². The first-order chi connectivity index (χ1) is 8.08. The minimum atomic E-state index is -0.452. The summed E-state index contributed by atoms with van der Waals surface area (Å²) in [5, 5.41) is 11.2. The molecule has 0 heterocycles. The molecule has 0 saturated carbocycles. The van der Waals surface area contributed by atoms with E-state index in [1.165, 1.54) is 13.2 Å². The van der Waals surface area contributed by atoms with Gasteiger partial charge in [0.05, 0.1) is 24.7 Å². The molecule has 1 rings (SSSR count). The fourth-order valence-electron chi connectivity index (χ4n) is 1.36. The van der Waals surface area contributed by atoms with Crippen LogP contribution in [0.5, 0.6) is 5.75 Å². The van der Waals surface area contributed by atoms with Crippen molar-refractivity contribution >= 4 is 23.0 Å². The molecule has 0 fully saturated rings. The molecule has 0 aliphatic rings. The number of hydrogen-bond donors (Lipinski definition) is 0. The molecule has 17 heavy (non-hydrogen) atoms. The third-order valence-corrected chi connectivity index (χ3v) is 2.39. The number of ether oxygens (including phenoxy) is 2. The van der Waals surface area contributed by atoms with Crippen LogP contribution in [0.4, 0.5) is 5.69 Å². The van der Waals surface area contributed by atoms with E-state index in [2.05, 4.69) is 0 Å². The van der Waals surface area contributed by atoms with Crippen LogP contribution in [0.15, 0.2) is 18.2 Å². The number of nitro benzene ring substituents is 1.